The first-order valence-electron chi connectivity index (χ1n) is 4.62. The minimum Gasteiger partial charge on any atom is -0.385 e. The van der Waals surface area contributed by atoms with Crippen LogP contribution in [0.15, 0.2) is 18.2 Å². The summed E-state index contributed by atoms with van der Waals surface area (Å²) in [6.07, 6.45) is 1.12. The fourth-order valence-electron chi connectivity index (χ4n) is 1.45. The fourth-order valence-corrected chi connectivity index (χ4v) is 1.45. The Balaban J connectivity index is 2.97. The van der Waals surface area contributed by atoms with Crippen LogP contribution in [0.2, 0.25) is 0 Å². The summed E-state index contributed by atoms with van der Waals surface area (Å²) in [7, 11) is 0. The SMILES string of the molecule is CCNc1cccc(CC)c1C. The van der Waals surface area contributed by atoms with Crippen molar-refractivity contribution in [1.82, 2.24) is 0 Å². The second-order valence-electron chi connectivity index (χ2n) is 2.97. The van der Waals surface area contributed by atoms with Gasteiger partial charge in [-0.3, -0.25) is 0 Å². The number of nitrogens with one attached hydrogen (secondary N) is 1. The zero-order valence-corrected chi connectivity index (χ0v) is 8.15. The van der Waals surface area contributed by atoms with E-state index in [4.69, 9.17) is 0 Å². The third-order valence-electron chi connectivity index (χ3n) is 2.19. The van der Waals surface area contributed by atoms with Gasteiger partial charge in [0.2, 0.25) is 0 Å². The van der Waals surface area contributed by atoms with Crippen molar-refractivity contribution in [2.75, 3.05) is 11.9 Å². The molecule has 1 N–H and O–H groups in total. The van der Waals surface area contributed by atoms with E-state index in [2.05, 4.69) is 44.3 Å². The molecule has 0 radical (unpaired) electrons. The van der Waals surface area contributed by atoms with Gasteiger partial charge in [0.25, 0.3) is 0 Å². The molecule has 1 aromatic rings. The van der Waals surface area contributed by atoms with Crippen molar-refractivity contribution >= 4 is 5.69 Å². The molecule has 1 nitrogen and oxygen atoms in total. The molecule has 1 rings (SSSR count). The summed E-state index contributed by atoms with van der Waals surface area (Å²) in [5.41, 5.74) is 4.10. The molecule has 0 unspecified atom stereocenters. The minimum atomic E-state index is 0.994. The van der Waals surface area contributed by atoms with Gasteiger partial charge in [0.15, 0.2) is 0 Å². The standard InChI is InChI=1S/C11H17N/c1-4-10-7-6-8-11(9(10)3)12-5-2/h6-8,12H,4-5H2,1-3H3. The van der Waals surface area contributed by atoms with Crippen LogP contribution in [-0.4, -0.2) is 6.54 Å². The number of benzene rings is 1. The summed E-state index contributed by atoms with van der Waals surface area (Å²) in [5, 5.41) is 3.35. The first-order chi connectivity index (χ1) is 5.79. The zero-order valence-electron chi connectivity index (χ0n) is 8.15. The minimum absolute atomic E-state index is 0.994. The molecule has 0 saturated heterocycles. The summed E-state index contributed by atoms with van der Waals surface area (Å²) >= 11 is 0. The summed E-state index contributed by atoms with van der Waals surface area (Å²) in [6, 6.07) is 6.44. The Morgan fingerprint density at radius 1 is 1.25 bits per heavy atom. The van der Waals surface area contributed by atoms with Crippen molar-refractivity contribution in [3.63, 3.8) is 0 Å². The van der Waals surface area contributed by atoms with E-state index in [-0.39, 0.29) is 0 Å². The van der Waals surface area contributed by atoms with Crippen molar-refractivity contribution in [3.8, 4) is 0 Å². The molecule has 12 heavy (non-hydrogen) atoms. The lowest BCUT2D eigenvalue weighted by atomic mass is 10.0. The predicted molar refractivity (Wildman–Crippen MR) is 54.7 cm³/mol. The molecule has 1 aromatic carbocycles. The van der Waals surface area contributed by atoms with E-state index in [1.54, 1.807) is 0 Å². The normalized spacial score (nSPS) is 9.92. The molecular weight excluding hydrogens is 146 g/mol. The van der Waals surface area contributed by atoms with E-state index < -0.39 is 0 Å². The smallest absolute Gasteiger partial charge is 0.0372 e. The van der Waals surface area contributed by atoms with Crippen LogP contribution in [0.4, 0.5) is 5.69 Å². The fraction of sp³-hybridized carbons (Fsp3) is 0.455. The molecule has 0 amide bonds. The van der Waals surface area contributed by atoms with E-state index in [1.165, 1.54) is 16.8 Å². The van der Waals surface area contributed by atoms with Gasteiger partial charge in [0.05, 0.1) is 0 Å². The number of hydrogen-bond donors (Lipinski definition) is 1. The van der Waals surface area contributed by atoms with Crippen molar-refractivity contribution in [3.05, 3.63) is 29.3 Å². The Labute approximate surface area is 74.8 Å². The highest BCUT2D eigenvalue weighted by Crippen LogP contribution is 2.18. The van der Waals surface area contributed by atoms with Crippen molar-refractivity contribution in [2.24, 2.45) is 0 Å². The summed E-state index contributed by atoms with van der Waals surface area (Å²) in [5.74, 6) is 0. The van der Waals surface area contributed by atoms with Crippen LogP contribution in [-0.2, 0) is 6.42 Å². The Kier molecular flexibility index (Phi) is 3.15. The second kappa shape index (κ2) is 4.15. The van der Waals surface area contributed by atoms with Gasteiger partial charge in [-0.05, 0) is 37.5 Å². The maximum atomic E-state index is 3.35. The third-order valence-corrected chi connectivity index (χ3v) is 2.19. The van der Waals surface area contributed by atoms with E-state index in [0.29, 0.717) is 0 Å². The zero-order chi connectivity index (χ0) is 8.97. The van der Waals surface area contributed by atoms with Crippen LogP contribution >= 0.6 is 0 Å². The summed E-state index contributed by atoms with van der Waals surface area (Å²) < 4.78 is 0. The van der Waals surface area contributed by atoms with Crippen LogP contribution in [0.5, 0.6) is 0 Å². The summed E-state index contributed by atoms with van der Waals surface area (Å²) in [4.78, 5) is 0. The third kappa shape index (κ3) is 1.79. The molecule has 0 aliphatic rings. The van der Waals surface area contributed by atoms with Gasteiger partial charge in [-0.2, -0.15) is 0 Å². The highest BCUT2D eigenvalue weighted by molar-refractivity contribution is 5.53. The van der Waals surface area contributed by atoms with Gasteiger partial charge in [0, 0.05) is 12.2 Å². The topological polar surface area (TPSA) is 12.0 Å². The number of hydrogen-bond acceptors (Lipinski definition) is 1. The van der Waals surface area contributed by atoms with Gasteiger partial charge in [-0.25, -0.2) is 0 Å². The molecule has 0 aliphatic carbocycles. The lowest BCUT2D eigenvalue weighted by Crippen LogP contribution is -2.00. The molecule has 0 aromatic heterocycles. The molecule has 0 spiro atoms. The predicted octanol–water partition coefficient (Wildman–Crippen LogP) is 2.99. The maximum Gasteiger partial charge on any atom is 0.0372 e. The number of anilines is 1. The van der Waals surface area contributed by atoms with E-state index in [0.717, 1.165) is 13.0 Å². The lowest BCUT2D eigenvalue weighted by Gasteiger charge is -2.10. The molecule has 1 heteroatoms. The highest BCUT2D eigenvalue weighted by atomic mass is 14.9. The van der Waals surface area contributed by atoms with E-state index >= 15 is 0 Å². The first-order valence-corrected chi connectivity index (χ1v) is 4.62. The molecular formula is C11H17N. The number of rotatable bonds is 3. The largest absolute Gasteiger partial charge is 0.385 e. The quantitative estimate of drug-likeness (QED) is 0.722. The summed E-state index contributed by atoms with van der Waals surface area (Å²) in [6.45, 7) is 7.49. The monoisotopic (exact) mass is 163 g/mol. The van der Waals surface area contributed by atoms with Crippen LogP contribution in [0.3, 0.4) is 0 Å². The highest BCUT2D eigenvalue weighted by Gasteiger charge is 1.99. The average Bonchev–Trinajstić information content (AvgIpc) is 2.09. The van der Waals surface area contributed by atoms with Crippen LogP contribution in [0.1, 0.15) is 25.0 Å². The first kappa shape index (κ1) is 9.11. The Bertz CT molecular complexity index is 253. The molecule has 0 aliphatic heterocycles. The molecule has 0 fully saturated rings. The van der Waals surface area contributed by atoms with Crippen molar-refractivity contribution < 1.29 is 0 Å². The van der Waals surface area contributed by atoms with E-state index in [1.807, 2.05) is 0 Å². The molecule has 0 heterocycles. The van der Waals surface area contributed by atoms with Gasteiger partial charge < -0.3 is 5.32 Å². The Morgan fingerprint density at radius 2 is 2.00 bits per heavy atom. The van der Waals surface area contributed by atoms with Crippen molar-refractivity contribution in [2.45, 2.75) is 27.2 Å². The van der Waals surface area contributed by atoms with Gasteiger partial charge in [-0.15, -0.1) is 0 Å². The average molecular weight is 163 g/mol. The van der Waals surface area contributed by atoms with E-state index in [9.17, 15) is 0 Å². The molecule has 0 saturated carbocycles. The van der Waals surface area contributed by atoms with Crippen LogP contribution in [0, 0.1) is 6.92 Å². The maximum absolute atomic E-state index is 3.35. The van der Waals surface area contributed by atoms with Gasteiger partial charge in [0.1, 0.15) is 0 Å². The number of aryl methyl sites for hydroxylation is 1. The molecule has 66 valence electrons. The Morgan fingerprint density at radius 3 is 2.58 bits per heavy atom. The van der Waals surface area contributed by atoms with Gasteiger partial charge >= 0.3 is 0 Å². The molecule has 0 bridgehead atoms. The van der Waals surface area contributed by atoms with Crippen LogP contribution < -0.4 is 5.32 Å². The Hall–Kier alpha value is -0.980. The molecule has 0 atom stereocenters. The lowest BCUT2D eigenvalue weighted by molar-refractivity contribution is 1.10. The van der Waals surface area contributed by atoms with Gasteiger partial charge in [-0.1, -0.05) is 19.1 Å². The van der Waals surface area contributed by atoms with Crippen molar-refractivity contribution in [1.29, 1.82) is 0 Å². The second-order valence-corrected chi connectivity index (χ2v) is 2.97. The van der Waals surface area contributed by atoms with Crippen LogP contribution in [0.25, 0.3) is 0 Å².